The van der Waals surface area contributed by atoms with E-state index in [0.717, 1.165) is 22.4 Å². The third-order valence-corrected chi connectivity index (χ3v) is 3.54. The lowest BCUT2D eigenvalue weighted by atomic mass is 9.86. The number of fused-ring (bicyclic) bond motifs is 1. The fourth-order valence-electron chi connectivity index (χ4n) is 2.46. The molecule has 0 radical (unpaired) electrons. The Kier molecular flexibility index (Phi) is 2.48. The third kappa shape index (κ3) is 1.83. The van der Waals surface area contributed by atoms with Crippen molar-refractivity contribution in [3.8, 4) is 11.9 Å². The molecule has 0 bridgehead atoms. The second-order valence-electron chi connectivity index (χ2n) is 5.43. The van der Waals surface area contributed by atoms with Gasteiger partial charge in [0.15, 0.2) is 0 Å². The Morgan fingerprint density at radius 3 is 2.74 bits per heavy atom. The Bertz CT molecular complexity index is 664. The molecule has 3 rings (SSSR count). The van der Waals surface area contributed by atoms with Gasteiger partial charge in [-0.15, -0.1) is 0 Å². The van der Waals surface area contributed by atoms with E-state index in [9.17, 15) is 10.4 Å². The summed E-state index contributed by atoms with van der Waals surface area (Å²) >= 11 is 0. The summed E-state index contributed by atoms with van der Waals surface area (Å²) in [4.78, 5) is 4.16. The topological polar surface area (TPSA) is 66.1 Å². The van der Waals surface area contributed by atoms with Crippen molar-refractivity contribution in [2.45, 2.75) is 32.5 Å². The highest BCUT2D eigenvalue weighted by Crippen LogP contribution is 2.37. The quantitative estimate of drug-likeness (QED) is 0.836. The molecule has 0 amide bonds. The number of hydrogen-bond acceptors (Lipinski definition) is 4. The van der Waals surface area contributed by atoms with E-state index < -0.39 is 0 Å². The molecule has 1 aliphatic carbocycles. The molecule has 96 valence electrons. The molecule has 0 spiro atoms. The van der Waals surface area contributed by atoms with Gasteiger partial charge in [-0.1, -0.05) is 18.2 Å². The highest BCUT2D eigenvalue weighted by molar-refractivity contribution is 5.82. The summed E-state index contributed by atoms with van der Waals surface area (Å²) in [5.41, 5.74) is 3.43. The van der Waals surface area contributed by atoms with Crippen LogP contribution in [0.2, 0.25) is 0 Å². The summed E-state index contributed by atoms with van der Waals surface area (Å²) in [7, 11) is 0. The monoisotopic (exact) mass is 254 g/mol. The van der Waals surface area contributed by atoms with E-state index in [2.05, 4.69) is 11.1 Å². The van der Waals surface area contributed by atoms with E-state index in [1.54, 1.807) is 0 Å². The molecule has 0 unspecified atom stereocenters. The van der Waals surface area contributed by atoms with Crippen molar-refractivity contribution < 1.29 is 9.84 Å². The van der Waals surface area contributed by atoms with Gasteiger partial charge in [0.05, 0.1) is 17.9 Å². The number of nitrogens with zero attached hydrogens (tertiary/aromatic N) is 2. The summed E-state index contributed by atoms with van der Waals surface area (Å²) in [5, 5.41) is 19.2. The van der Waals surface area contributed by atoms with E-state index >= 15 is 0 Å². The maximum Gasteiger partial charge on any atom is 0.230 e. The zero-order chi connectivity index (χ0) is 13.6. The molecule has 4 heteroatoms. The molecular weight excluding hydrogens is 240 g/mol. The zero-order valence-electron chi connectivity index (χ0n) is 10.9. The van der Waals surface area contributed by atoms with E-state index in [1.807, 2.05) is 32.1 Å². The molecule has 0 atom stereocenters. The van der Waals surface area contributed by atoms with Gasteiger partial charge < -0.3 is 9.84 Å². The van der Waals surface area contributed by atoms with Crippen molar-refractivity contribution in [2.75, 3.05) is 0 Å². The number of rotatable bonds is 1. The standard InChI is InChI=1S/C15H14N2O2/c1-15(2)6-10-11(7-16)14(18)17-13(9-4-3-5-9)12(10)8-19-15/h3-5H,6,8H2,1-2H3,(H,17,18). The van der Waals surface area contributed by atoms with Gasteiger partial charge in [-0.05, 0) is 19.4 Å². The van der Waals surface area contributed by atoms with Gasteiger partial charge in [0.2, 0.25) is 5.88 Å². The molecule has 1 N–H and O–H groups in total. The third-order valence-electron chi connectivity index (χ3n) is 3.54. The molecule has 0 saturated heterocycles. The van der Waals surface area contributed by atoms with E-state index in [1.165, 1.54) is 0 Å². The van der Waals surface area contributed by atoms with Crippen LogP contribution in [0.3, 0.4) is 0 Å². The highest BCUT2D eigenvalue weighted by Gasteiger charge is 2.32. The largest absolute Gasteiger partial charge is 0.492 e. The van der Waals surface area contributed by atoms with Gasteiger partial charge in [-0.25, -0.2) is 4.98 Å². The minimum absolute atomic E-state index is 0.185. The average molecular weight is 254 g/mol. The molecule has 2 heterocycles. The second kappa shape index (κ2) is 3.94. The van der Waals surface area contributed by atoms with Crippen LogP contribution in [0.25, 0.3) is 5.57 Å². The number of aromatic hydroxyl groups is 1. The van der Waals surface area contributed by atoms with Crippen LogP contribution < -0.4 is 0 Å². The van der Waals surface area contributed by atoms with Crippen LogP contribution in [0.1, 0.15) is 36.2 Å². The number of aromatic nitrogens is 1. The number of nitriles is 1. The van der Waals surface area contributed by atoms with Crippen molar-refractivity contribution in [3.05, 3.63) is 40.6 Å². The Balaban J connectivity index is 2.22. The first-order valence-electron chi connectivity index (χ1n) is 6.19. The lowest BCUT2D eigenvalue weighted by Crippen LogP contribution is -2.33. The molecule has 1 aromatic rings. The minimum Gasteiger partial charge on any atom is -0.492 e. The summed E-state index contributed by atoms with van der Waals surface area (Å²) in [6.07, 6.45) is 6.40. The molecule has 1 aliphatic heterocycles. The fraction of sp³-hybridized carbons (Fsp3) is 0.333. The first-order valence-corrected chi connectivity index (χ1v) is 6.19. The van der Waals surface area contributed by atoms with Crippen molar-refractivity contribution in [1.29, 1.82) is 5.26 Å². The Hall–Kier alpha value is -2.12. The zero-order valence-corrected chi connectivity index (χ0v) is 10.9. The number of allylic oxidation sites excluding steroid dienone is 4. The van der Waals surface area contributed by atoms with E-state index in [-0.39, 0.29) is 17.0 Å². The summed E-state index contributed by atoms with van der Waals surface area (Å²) in [6.45, 7) is 4.39. The average Bonchev–Trinajstić information content (AvgIpc) is 2.25. The first-order chi connectivity index (χ1) is 9.02. The van der Waals surface area contributed by atoms with Crippen molar-refractivity contribution in [1.82, 2.24) is 4.98 Å². The number of hydrogen-bond donors (Lipinski definition) is 1. The molecule has 1 aromatic heterocycles. The van der Waals surface area contributed by atoms with Crippen LogP contribution in [0, 0.1) is 11.3 Å². The number of ether oxygens (including phenoxy) is 1. The second-order valence-corrected chi connectivity index (χ2v) is 5.43. The molecule has 19 heavy (non-hydrogen) atoms. The van der Waals surface area contributed by atoms with Gasteiger partial charge in [0.1, 0.15) is 11.6 Å². The molecule has 4 nitrogen and oxygen atoms in total. The molecule has 0 aromatic carbocycles. The molecular formula is C15H14N2O2. The molecule has 0 saturated carbocycles. The van der Waals surface area contributed by atoms with Crippen LogP contribution in [0.15, 0.2) is 18.2 Å². The van der Waals surface area contributed by atoms with Crippen LogP contribution in [0.5, 0.6) is 5.88 Å². The van der Waals surface area contributed by atoms with Gasteiger partial charge in [0.25, 0.3) is 0 Å². The van der Waals surface area contributed by atoms with Crippen LogP contribution in [0.4, 0.5) is 0 Å². The summed E-state index contributed by atoms with van der Waals surface area (Å²) in [5.74, 6) is -0.185. The Morgan fingerprint density at radius 2 is 2.16 bits per heavy atom. The maximum atomic E-state index is 9.96. The predicted molar refractivity (Wildman–Crippen MR) is 70.3 cm³/mol. The van der Waals surface area contributed by atoms with E-state index in [0.29, 0.717) is 13.0 Å². The number of pyridine rings is 1. The Labute approximate surface area is 111 Å². The van der Waals surface area contributed by atoms with Crippen molar-refractivity contribution >= 4 is 5.57 Å². The minimum atomic E-state index is -0.326. The smallest absolute Gasteiger partial charge is 0.230 e. The maximum absolute atomic E-state index is 9.96. The SMILES string of the molecule is CC1(C)Cc2c(C#N)c(O)nc(C3=CC=C3)c2CO1. The molecule has 2 aliphatic rings. The van der Waals surface area contributed by atoms with Gasteiger partial charge >= 0.3 is 0 Å². The van der Waals surface area contributed by atoms with Crippen LogP contribution >= 0.6 is 0 Å². The Morgan fingerprint density at radius 1 is 1.42 bits per heavy atom. The lowest BCUT2D eigenvalue weighted by Gasteiger charge is -2.33. The van der Waals surface area contributed by atoms with E-state index in [4.69, 9.17) is 4.74 Å². The van der Waals surface area contributed by atoms with Crippen molar-refractivity contribution in [3.63, 3.8) is 0 Å². The lowest BCUT2D eigenvalue weighted by molar-refractivity contribution is -0.0405. The first kappa shape index (κ1) is 11.9. The molecule has 0 fully saturated rings. The highest BCUT2D eigenvalue weighted by atomic mass is 16.5. The summed E-state index contributed by atoms with van der Waals surface area (Å²) in [6, 6.07) is 2.06. The van der Waals surface area contributed by atoms with Crippen molar-refractivity contribution in [2.24, 2.45) is 0 Å². The fourth-order valence-corrected chi connectivity index (χ4v) is 2.46. The van der Waals surface area contributed by atoms with Crippen LogP contribution in [-0.4, -0.2) is 15.7 Å². The normalized spacial score (nSPS) is 19.1. The predicted octanol–water partition coefficient (Wildman–Crippen LogP) is 2.46. The van der Waals surface area contributed by atoms with Gasteiger partial charge in [-0.2, -0.15) is 5.26 Å². The van der Waals surface area contributed by atoms with Gasteiger partial charge in [0, 0.05) is 17.6 Å². The summed E-state index contributed by atoms with van der Waals surface area (Å²) < 4.78 is 5.81. The van der Waals surface area contributed by atoms with Gasteiger partial charge in [-0.3, -0.25) is 0 Å². The van der Waals surface area contributed by atoms with Crippen LogP contribution in [-0.2, 0) is 17.8 Å².